The van der Waals surface area contributed by atoms with Gasteiger partial charge in [0.05, 0.1) is 38.6 Å². The van der Waals surface area contributed by atoms with Gasteiger partial charge >= 0.3 is 0 Å². The number of nitrogens with zero attached hydrogens (tertiary/aromatic N) is 2. The summed E-state index contributed by atoms with van der Waals surface area (Å²) in [6.45, 7) is 6.16. The molecule has 0 spiro atoms. The lowest BCUT2D eigenvalue weighted by Crippen LogP contribution is -2.14. The van der Waals surface area contributed by atoms with Crippen LogP contribution in [0.4, 0.5) is 5.69 Å². The van der Waals surface area contributed by atoms with Crippen LogP contribution < -0.4 is 4.72 Å². The van der Waals surface area contributed by atoms with Crippen molar-refractivity contribution in [2.75, 3.05) is 4.72 Å². The maximum absolute atomic E-state index is 12.8. The number of anilines is 1. The van der Waals surface area contributed by atoms with Crippen LogP contribution in [0.3, 0.4) is 0 Å². The monoisotopic (exact) mass is 451 g/mol. The lowest BCUT2D eigenvalue weighted by molar-refractivity contribution is 0.601. The van der Waals surface area contributed by atoms with Crippen molar-refractivity contribution < 1.29 is 8.42 Å². The van der Waals surface area contributed by atoms with Gasteiger partial charge in [-0.1, -0.05) is 54.7 Å². The Morgan fingerprint density at radius 3 is 2.28 bits per heavy atom. The number of nitrogens with one attached hydrogen (secondary N) is 1. The first kappa shape index (κ1) is 21.7. The van der Waals surface area contributed by atoms with Gasteiger partial charge in [0.25, 0.3) is 10.0 Å². The zero-order valence-corrected chi connectivity index (χ0v) is 18.9. The lowest BCUT2D eigenvalue weighted by Gasteiger charge is -2.10. The Hall–Kier alpha value is -2.02. The summed E-state index contributed by atoms with van der Waals surface area (Å²) in [7, 11) is -3.70. The van der Waals surface area contributed by atoms with E-state index in [-0.39, 0.29) is 4.90 Å². The molecule has 8 heteroatoms. The van der Waals surface area contributed by atoms with Gasteiger partial charge in [-0.15, -0.1) is 0 Å². The van der Waals surface area contributed by atoms with Crippen molar-refractivity contribution in [3.8, 4) is 0 Å². The van der Waals surface area contributed by atoms with Gasteiger partial charge in [0, 0.05) is 0 Å². The van der Waals surface area contributed by atoms with Crippen LogP contribution in [0.2, 0.25) is 10.0 Å². The van der Waals surface area contributed by atoms with Gasteiger partial charge in [-0.3, -0.25) is 9.40 Å². The standard InChI is InChI=1S/C21H23Cl2N3O2S/c1-4-5-16-6-9-18(10-7-16)29(27,28)25-21-14(2)24-26(15(21)3)13-17-8-11-19(22)20(23)12-17/h6-12,25H,4-5,13H2,1-3H3. The number of sulfonamides is 1. The number of hydrogen-bond acceptors (Lipinski definition) is 3. The van der Waals surface area contributed by atoms with Gasteiger partial charge in [0.15, 0.2) is 0 Å². The lowest BCUT2D eigenvalue weighted by atomic mass is 10.1. The molecule has 0 aliphatic heterocycles. The summed E-state index contributed by atoms with van der Waals surface area (Å²) in [4.78, 5) is 0.230. The van der Waals surface area contributed by atoms with Crippen LogP contribution in [0.25, 0.3) is 0 Å². The normalized spacial score (nSPS) is 11.6. The Morgan fingerprint density at radius 1 is 1.00 bits per heavy atom. The quantitative estimate of drug-likeness (QED) is 0.507. The van der Waals surface area contributed by atoms with Crippen molar-refractivity contribution in [3.63, 3.8) is 0 Å². The van der Waals surface area contributed by atoms with E-state index in [0.29, 0.717) is 28.0 Å². The highest BCUT2D eigenvalue weighted by atomic mass is 35.5. The molecular formula is C21H23Cl2N3O2S. The molecule has 0 saturated heterocycles. The number of benzene rings is 2. The molecule has 0 radical (unpaired) electrons. The summed E-state index contributed by atoms with van der Waals surface area (Å²) < 4.78 is 30.1. The third-order valence-corrected chi connectivity index (χ3v) is 6.81. The van der Waals surface area contributed by atoms with Crippen molar-refractivity contribution in [3.05, 3.63) is 75.0 Å². The number of aryl methyl sites for hydroxylation is 2. The minimum atomic E-state index is -3.70. The van der Waals surface area contributed by atoms with Crippen LogP contribution >= 0.6 is 23.2 Å². The average molecular weight is 452 g/mol. The van der Waals surface area contributed by atoms with E-state index >= 15 is 0 Å². The Morgan fingerprint density at radius 2 is 1.66 bits per heavy atom. The molecule has 0 saturated carbocycles. The van der Waals surface area contributed by atoms with Gasteiger partial charge in [-0.05, 0) is 55.7 Å². The van der Waals surface area contributed by atoms with Crippen molar-refractivity contribution in [2.24, 2.45) is 0 Å². The molecule has 1 aromatic heterocycles. The molecule has 0 amide bonds. The van der Waals surface area contributed by atoms with E-state index in [1.807, 2.05) is 25.1 Å². The highest BCUT2D eigenvalue weighted by Gasteiger charge is 2.20. The van der Waals surface area contributed by atoms with Crippen LogP contribution in [-0.2, 0) is 23.0 Å². The number of hydrogen-bond donors (Lipinski definition) is 1. The third kappa shape index (κ3) is 4.94. The van der Waals surface area contributed by atoms with E-state index < -0.39 is 10.0 Å². The Kier molecular flexibility index (Phi) is 6.56. The van der Waals surface area contributed by atoms with Crippen molar-refractivity contribution in [1.29, 1.82) is 0 Å². The molecule has 3 aromatic rings. The van der Waals surface area contributed by atoms with Gasteiger partial charge in [0.1, 0.15) is 0 Å². The van der Waals surface area contributed by atoms with Crippen molar-refractivity contribution >= 4 is 38.9 Å². The van der Waals surface area contributed by atoms with Gasteiger partial charge in [0.2, 0.25) is 0 Å². The maximum Gasteiger partial charge on any atom is 0.262 e. The Balaban J connectivity index is 1.84. The first-order valence-electron chi connectivity index (χ1n) is 9.31. The zero-order valence-electron chi connectivity index (χ0n) is 16.5. The second kappa shape index (κ2) is 8.78. The molecule has 0 aliphatic carbocycles. The highest BCUT2D eigenvalue weighted by molar-refractivity contribution is 7.92. The fourth-order valence-electron chi connectivity index (χ4n) is 3.13. The molecule has 0 aliphatic rings. The van der Waals surface area contributed by atoms with Crippen LogP contribution in [0, 0.1) is 13.8 Å². The molecule has 0 unspecified atom stereocenters. The van der Waals surface area contributed by atoms with E-state index in [0.717, 1.165) is 29.7 Å². The molecule has 2 aromatic carbocycles. The van der Waals surface area contributed by atoms with E-state index in [2.05, 4.69) is 16.7 Å². The van der Waals surface area contributed by atoms with Crippen LogP contribution in [-0.4, -0.2) is 18.2 Å². The molecule has 154 valence electrons. The summed E-state index contributed by atoms with van der Waals surface area (Å²) >= 11 is 12.1. The number of aromatic nitrogens is 2. The minimum Gasteiger partial charge on any atom is -0.276 e. The van der Waals surface area contributed by atoms with Crippen LogP contribution in [0.1, 0.15) is 35.9 Å². The number of halogens is 2. The largest absolute Gasteiger partial charge is 0.276 e. The molecular weight excluding hydrogens is 429 g/mol. The summed E-state index contributed by atoms with van der Waals surface area (Å²) in [6.07, 6.45) is 1.94. The van der Waals surface area contributed by atoms with Crippen molar-refractivity contribution in [2.45, 2.75) is 45.1 Å². The fourth-order valence-corrected chi connectivity index (χ4v) is 4.62. The smallest absolute Gasteiger partial charge is 0.262 e. The Labute approximate surface area is 181 Å². The molecule has 29 heavy (non-hydrogen) atoms. The zero-order chi connectivity index (χ0) is 21.2. The first-order chi connectivity index (χ1) is 13.7. The molecule has 0 atom stereocenters. The summed E-state index contributed by atoms with van der Waals surface area (Å²) in [5.41, 5.74) is 3.86. The van der Waals surface area contributed by atoms with Crippen LogP contribution in [0.15, 0.2) is 47.4 Å². The second-order valence-corrected chi connectivity index (χ2v) is 9.45. The predicted octanol–water partition coefficient (Wildman–Crippen LogP) is 5.61. The number of rotatable bonds is 7. The van der Waals surface area contributed by atoms with Gasteiger partial charge < -0.3 is 0 Å². The molecule has 1 heterocycles. The topological polar surface area (TPSA) is 64.0 Å². The van der Waals surface area contributed by atoms with Crippen molar-refractivity contribution in [1.82, 2.24) is 9.78 Å². The Bertz CT molecular complexity index is 1120. The molecule has 3 rings (SSSR count). The maximum atomic E-state index is 12.8. The van der Waals surface area contributed by atoms with Gasteiger partial charge in [-0.25, -0.2) is 8.42 Å². The molecule has 0 bridgehead atoms. The highest BCUT2D eigenvalue weighted by Crippen LogP contribution is 2.26. The average Bonchev–Trinajstić information content (AvgIpc) is 2.92. The molecule has 0 fully saturated rings. The second-order valence-electron chi connectivity index (χ2n) is 6.95. The summed E-state index contributed by atoms with van der Waals surface area (Å²) in [5, 5.41) is 5.45. The predicted molar refractivity (Wildman–Crippen MR) is 119 cm³/mol. The van der Waals surface area contributed by atoms with Gasteiger partial charge in [-0.2, -0.15) is 5.10 Å². The minimum absolute atomic E-state index is 0.230. The summed E-state index contributed by atoms with van der Waals surface area (Å²) in [5.74, 6) is 0. The SMILES string of the molecule is CCCc1ccc(S(=O)(=O)Nc2c(C)nn(Cc3ccc(Cl)c(Cl)c3)c2C)cc1. The van der Waals surface area contributed by atoms with E-state index in [4.69, 9.17) is 23.2 Å². The first-order valence-corrected chi connectivity index (χ1v) is 11.5. The molecule has 5 nitrogen and oxygen atoms in total. The van der Waals surface area contributed by atoms with E-state index in [1.165, 1.54) is 0 Å². The summed E-state index contributed by atoms with van der Waals surface area (Å²) in [6, 6.07) is 12.4. The fraction of sp³-hybridized carbons (Fsp3) is 0.286. The molecule has 1 N–H and O–H groups in total. The van der Waals surface area contributed by atoms with E-state index in [1.54, 1.807) is 35.9 Å². The van der Waals surface area contributed by atoms with E-state index in [9.17, 15) is 8.42 Å². The van der Waals surface area contributed by atoms with Crippen LogP contribution in [0.5, 0.6) is 0 Å². The third-order valence-electron chi connectivity index (χ3n) is 4.71.